The van der Waals surface area contributed by atoms with Gasteiger partial charge in [-0.3, -0.25) is 9.59 Å². The minimum atomic E-state index is -1.10. The first-order chi connectivity index (χ1) is 6.07. The summed E-state index contributed by atoms with van der Waals surface area (Å²) in [7, 11) is 0. The van der Waals surface area contributed by atoms with Gasteiger partial charge in [-0.25, -0.2) is 0 Å². The second-order valence-corrected chi connectivity index (χ2v) is 2.90. The summed E-state index contributed by atoms with van der Waals surface area (Å²) in [5.74, 6) is -1.47. The molecule has 0 aromatic heterocycles. The van der Waals surface area contributed by atoms with Crippen LogP contribution in [0.1, 0.15) is 33.1 Å². The lowest BCUT2D eigenvalue weighted by Crippen LogP contribution is -2.23. The molecule has 4 heteroatoms. The number of carbonyl (C=O) groups is 2. The molecule has 0 amide bonds. The van der Waals surface area contributed by atoms with Crippen molar-refractivity contribution in [3.63, 3.8) is 0 Å². The lowest BCUT2D eigenvalue weighted by atomic mass is 10.2. The normalized spacial score (nSPS) is 12.5. The summed E-state index contributed by atoms with van der Waals surface area (Å²) >= 11 is 0. The van der Waals surface area contributed by atoms with Gasteiger partial charge >= 0.3 is 5.97 Å². The third kappa shape index (κ3) is 6.28. The Morgan fingerprint density at radius 2 is 2.08 bits per heavy atom. The Kier molecular flexibility index (Phi) is 6.14. The highest BCUT2D eigenvalue weighted by Crippen LogP contribution is 1.99. The zero-order valence-electron chi connectivity index (χ0n) is 8.08. The van der Waals surface area contributed by atoms with Crippen LogP contribution in [0.25, 0.3) is 0 Å². The third-order valence-corrected chi connectivity index (χ3v) is 1.64. The number of unbranched alkanes of at least 4 members (excludes halogenated alkanes) is 1. The first-order valence-electron chi connectivity index (χ1n) is 4.44. The van der Waals surface area contributed by atoms with Gasteiger partial charge in [-0.1, -0.05) is 13.3 Å². The van der Waals surface area contributed by atoms with Crippen LogP contribution < -0.4 is 0 Å². The molecule has 13 heavy (non-hydrogen) atoms. The molecule has 1 unspecified atom stereocenters. The molecule has 0 saturated heterocycles. The van der Waals surface area contributed by atoms with Gasteiger partial charge in [0.1, 0.15) is 12.5 Å². The molecule has 1 N–H and O–H groups in total. The van der Waals surface area contributed by atoms with Crippen molar-refractivity contribution in [2.45, 2.75) is 39.2 Å². The number of rotatable bonds is 7. The molecule has 0 fully saturated rings. The highest BCUT2D eigenvalue weighted by molar-refractivity contribution is 5.97. The van der Waals surface area contributed by atoms with Crippen molar-refractivity contribution in [2.75, 3.05) is 6.61 Å². The van der Waals surface area contributed by atoms with Crippen LogP contribution >= 0.6 is 0 Å². The molecular weight excluding hydrogens is 172 g/mol. The summed E-state index contributed by atoms with van der Waals surface area (Å²) in [5.41, 5.74) is 0. The van der Waals surface area contributed by atoms with Crippen molar-refractivity contribution in [2.24, 2.45) is 0 Å². The summed E-state index contributed by atoms with van der Waals surface area (Å²) in [4.78, 5) is 21.2. The number of ketones is 1. The van der Waals surface area contributed by atoms with Gasteiger partial charge in [-0.15, -0.1) is 0 Å². The van der Waals surface area contributed by atoms with Crippen molar-refractivity contribution >= 4 is 11.8 Å². The van der Waals surface area contributed by atoms with E-state index >= 15 is 0 Å². The van der Waals surface area contributed by atoms with E-state index in [1.165, 1.54) is 0 Å². The predicted octanol–water partition coefficient (Wildman–Crippen LogP) is 1.24. The minimum Gasteiger partial charge on any atom is -0.481 e. The van der Waals surface area contributed by atoms with Gasteiger partial charge in [0.25, 0.3) is 0 Å². The maximum absolute atomic E-state index is 11.0. The van der Waals surface area contributed by atoms with Crippen molar-refractivity contribution in [1.82, 2.24) is 0 Å². The number of aliphatic carboxylic acids is 1. The number of hydrogen-bond donors (Lipinski definition) is 1. The Labute approximate surface area is 77.9 Å². The molecule has 0 aliphatic heterocycles. The van der Waals surface area contributed by atoms with Gasteiger partial charge in [-0.2, -0.15) is 0 Å². The molecule has 0 aliphatic carbocycles. The molecule has 76 valence electrons. The van der Waals surface area contributed by atoms with Crippen LogP contribution in [0.15, 0.2) is 0 Å². The quantitative estimate of drug-likeness (QED) is 0.482. The number of Topliss-reactive ketones (excluding diaryl/α,β-unsaturated/α-hetero) is 1. The fourth-order valence-electron chi connectivity index (χ4n) is 0.790. The summed E-state index contributed by atoms with van der Waals surface area (Å²) in [6.45, 7) is 4.12. The number of ether oxygens (including phenoxy) is 1. The summed E-state index contributed by atoms with van der Waals surface area (Å²) in [5, 5.41) is 8.33. The Hall–Kier alpha value is -0.900. The highest BCUT2D eigenvalue weighted by Gasteiger charge is 2.15. The van der Waals surface area contributed by atoms with Gasteiger partial charge in [0.15, 0.2) is 5.78 Å². The standard InChI is InChI=1S/C9H16O4/c1-3-4-5-13-7(2)8(10)6-9(11)12/h7H,3-6H2,1-2H3,(H,11,12). The van der Waals surface area contributed by atoms with E-state index < -0.39 is 18.5 Å². The Bertz CT molecular complexity index is 176. The van der Waals surface area contributed by atoms with Gasteiger partial charge in [-0.05, 0) is 13.3 Å². The van der Waals surface area contributed by atoms with Crippen LogP contribution in [-0.4, -0.2) is 29.6 Å². The number of hydrogen-bond acceptors (Lipinski definition) is 3. The maximum atomic E-state index is 11.0. The summed E-state index contributed by atoms with van der Waals surface area (Å²) in [6, 6.07) is 0. The van der Waals surface area contributed by atoms with Crippen molar-refractivity contribution in [3.05, 3.63) is 0 Å². The molecule has 0 bridgehead atoms. The van der Waals surface area contributed by atoms with Gasteiger partial charge in [0.2, 0.25) is 0 Å². The highest BCUT2D eigenvalue weighted by atomic mass is 16.5. The van der Waals surface area contributed by atoms with E-state index in [1.54, 1.807) is 6.92 Å². The lowest BCUT2D eigenvalue weighted by Gasteiger charge is -2.09. The molecule has 0 heterocycles. The van der Waals surface area contributed by atoms with Crippen LogP contribution in [-0.2, 0) is 14.3 Å². The smallest absolute Gasteiger partial charge is 0.310 e. The van der Waals surface area contributed by atoms with E-state index in [0.29, 0.717) is 6.61 Å². The maximum Gasteiger partial charge on any atom is 0.310 e. The van der Waals surface area contributed by atoms with Gasteiger partial charge < -0.3 is 9.84 Å². The second-order valence-electron chi connectivity index (χ2n) is 2.90. The van der Waals surface area contributed by atoms with Crippen LogP contribution in [0.5, 0.6) is 0 Å². The lowest BCUT2D eigenvalue weighted by molar-refractivity contribution is -0.143. The number of carboxylic acid groups (broad SMARTS) is 1. The predicted molar refractivity (Wildman–Crippen MR) is 47.6 cm³/mol. The van der Waals surface area contributed by atoms with Crippen LogP contribution in [0, 0.1) is 0 Å². The molecule has 4 nitrogen and oxygen atoms in total. The third-order valence-electron chi connectivity index (χ3n) is 1.64. The molecule has 0 aromatic carbocycles. The molecule has 0 aromatic rings. The SMILES string of the molecule is CCCCOC(C)C(=O)CC(=O)O. The molecule has 0 spiro atoms. The minimum absolute atomic E-state index is 0.372. The van der Waals surface area contributed by atoms with Gasteiger partial charge in [0, 0.05) is 6.61 Å². The van der Waals surface area contributed by atoms with E-state index in [4.69, 9.17) is 9.84 Å². The van der Waals surface area contributed by atoms with Crippen molar-refractivity contribution in [1.29, 1.82) is 0 Å². The van der Waals surface area contributed by atoms with Crippen LogP contribution in [0.4, 0.5) is 0 Å². The van der Waals surface area contributed by atoms with Crippen molar-refractivity contribution < 1.29 is 19.4 Å². The van der Waals surface area contributed by atoms with E-state index in [0.717, 1.165) is 12.8 Å². The molecule has 0 aliphatic rings. The number of carbonyl (C=O) groups excluding carboxylic acids is 1. The molecular formula is C9H16O4. The largest absolute Gasteiger partial charge is 0.481 e. The zero-order chi connectivity index (χ0) is 10.3. The van der Waals surface area contributed by atoms with E-state index in [2.05, 4.69) is 0 Å². The first kappa shape index (κ1) is 12.1. The molecule has 0 saturated carbocycles. The molecule has 1 atom stereocenters. The fraction of sp³-hybridized carbons (Fsp3) is 0.778. The Balaban J connectivity index is 3.63. The zero-order valence-corrected chi connectivity index (χ0v) is 8.08. The molecule has 0 rings (SSSR count). The van der Waals surface area contributed by atoms with E-state index in [-0.39, 0.29) is 5.78 Å². The van der Waals surface area contributed by atoms with E-state index in [9.17, 15) is 9.59 Å². The fourth-order valence-corrected chi connectivity index (χ4v) is 0.790. The second kappa shape index (κ2) is 6.60. The van der Waals surface area contributed by atoms with Gasteiger partial charge in [0.05, 0.1) is 0 Å². The Morgan fingerprint density at radius 3 is 2.54 bits per heavy atom. The average molecular weight is 188 g/mol. The summed E-state index contributed by atoms with van der Waals surface area (Å²) < 4.78 is 5.13. The van der Waals surface area contributed by atoms with Crippen LogP contribution in [0.3, 0.4) is 0 Å². The average Bonchev–Trinajstić information content (AvgIpc) is 2.03. The number of carboxylic acids is 1. The topological polar surface area (TPSA) is 63.6 Å². The van der Waals surface area contributed by atoms with Crippen molar-refractivity contribution in [3.8, 4) is 0 Å². The molecule has 0 radical (unpaired) electrons. The Morgan fingerprint density at radius 1 is 1.46 bits per heavy atom. The summed E-state index contributed by atoms with van der Waals surface area (Å²) in [6.07, 6.45) is 0.848. The van der Waals surface area contributed by atoms with E-state index in [1.807, 2.05) is 6.92 Å². The monoisotopic (exact) mass is 188 g/mol. The van der Waals surface area contributed by atoms with Crippen LogP contribution in [0.2, 0.25) is 0 Å². The first-order valence-corrected chi connectivity index (χ1v) is 4.44.